The van der Waals surface area contributed by atoms with Crippen molar-refractivity contribution in [3.63, 3.8) is 0 Å². The number of rotatable bonds is 6. The zero-order valence-corrected chi connectivity index (χ0v) is 12.9. The number of hydrazine groups is 1. The van der Waals surface area contributed by atoms with Crippen LogP contribution in [0.5, 0.6) is 0 Å². The van der Waals surface area contributed by atoms with Gasteiger partial charge in [-0.25, -0.2) is 10.8 Å². The fraction of sp³-hybridized carbons (Fsp3) is 0.571. The van der Waals surface area contributed by atoms with Crippen LogP contribution in [-0.2, 0) is 0 Å². The van der Waals surface area contributed by atoms with Gasteiger partial charge in [0.25, 0.3) is 5.91 Å². The zero-order valence-electron chi connectivity index (χ0n) is 12.9. The molecule has 1 amide bonds. The van der Waals surface area contributed by atoms with Gasteiger partial charge in [0.1, 0.15) is 5.82 Å². The van der Waals surface area contributed by atoms with Crippen LogP contribution in [0.4, 0.5) is 5.82 Å². The molecule has 0 bridgehead atoms. The van der Waals surface area contributed by atoms with Crippen LogP contribution in [0.25, 0.3) is 0 Å². The molecule has 6 nitrogen and oxygen atoms in total. The topological polar surface area (TPSA) is 83.3 Å². The molecular weight excluding hydrogens is 254 g/mol. The fourth-order valence-corrected chi connectivity index (χ4v) is 1.95. The Morgan fingerprint density at radius 2 is 2.00 bits per heavy atom. The number of amides is 1. The molecule has 1 aromatic heterocycles. The summed E-state index contributed by atoms with van der Waals surface area (Å²) in [5.74, 6) is 6.03. The summed E-state index contributed by atoms with van der Waals surface area (Å²) in [6.45, 7) is 6.82. The summed E-state index contributed by atoms with van der Waals surface area (Å²) in [6, 6.07) is 3.54. The summed E-state index contributed by atoms with van der Waals surface area (Å²) in [4.78, 5) is 18.6. The average Bonchev–Trinajstić information content (AvgIpc) is 2.36. The maximum atomic E-state index is 12.3. The molecule has 0 saturated heterocycles. The van der Waals surface area contributed by atoms with Crippen molar-refractivity contribution < 1.29 is 4.79 Å². The Hall–Kier alpha value is -1.66. The molecule has 0 aromatic carbocycles. The van der Waals surface area contributed by atoms with E-state index in [0.717, 1.165) is 12.2 Å². The van der Waals surface area contributed by atoms with Crippen molar-refractivity contribution in [3.8, 4) is 0 Å². The Labute approximate surface area is 120 Å². The first-order valence-corrected chi connectivity index (χ1v) is 6.77. The lowest BCUT2D eigenvalue weighted by atomic mass is 10.1. The second-order valence-electron chi connectivity index (χ2n) is 5.60. The van der Waals surface area contributed by atoms with E-state index in [1.807, 2.05) is 45.8 Å². The average molecular weight is 279 g/mol. The highest BCUT2D eigenvalue weighted by molar-refractivity contribution is 5.95. The molecule has 0 aliphatic carbocycles. The molecule has 1 atom stereocenters. The zero-order chi connectivity index (χ0) is 15.3. The van der Waals surface area contributed by atoms with E-state index in [0.29, 0.717) is 11.4 Å². The number of nitrogen functional groups attached to an aromatic ring is 1. The van der Waals surface area contributed by atoms with Gasteiger partial charge in [-0.2, -0.15) is 0 Å². The molecule has 1 heterocycles. The van der Waals surface area contributed by atoms with E-state index in [2.05, 4.69) is 15.7 Å². The van der Waals surface area contributed by atoms with Crippen LogP contribution >= 0.6 is 0 Å². The minimum Gasteiger partial charge on any atom is -0.348 e. The summed E-state index contributed by atoms with van der Waals surface area (Å²) < 4.78 is 0. The quantitative estimate of drug-likeness (QED) is 0.538. The van der Waals surface area contributed by atoms with Crippen LogP contribution < -0.4 is 16.6 Å². The first kappa shape index (κ1) is 16.4. The van der Waals surface area contributed by atoms with Crippen LogP contribution in [0.2, 0.25) is 0 Å². The number of nitrogens with two attached hydrogens (primary N) is 1. The summed E-state index contributed by atoms with van der Waals surface area (Å²) in [5.41, 5.74) is 3.91. The minimum atomic E-state index is -0.111. The van der Waals surface area contributed by atoms with Crippen molar-refractivity contribution in [1.82, 2.24) is 15.2 Å². The highest BCUT2D eigenvalue weighted by Crippen LogP contribution is 2.17. The van der Waals surface area contributed by atoms with Crippen LogP contribution in [0.3, 0.4) is 0 Å². The van der Waals surface area contributed by atoms with Crippen LogP contribution in [0, 0.1) is 0 Å². The van der Waals surface area contributed by atoms with Gasteiger partial charge in [-0.3, -0.25) is 4.79 Å². The van der Waals surface area contributed by atoms with E-state index in [4.69, 9.17) is 5.84 Å². The fourth-order valence-electron chi connectivity index (χ4n) is 1.95. The number of likely N-dealkylation sites (N-methyl/N-ethyl adjacent to an activating group) is 1. The van der Waals surface area contributed by atoms with Crippen LogP contribution in [0.15, 0.2) is 12.1 Å². The third-order valence-corrected chi connectivity index (χ3v) is 2.86. The molecule has 1 rings (SSSR count). The molecule has 20 heavy (non-hydrogen) atoms. The molecule has 1 unspecified atom stereocenters. The van der Waals surface area contributed by atoms with Gasteiger partial charge in [-0.1, -0.05) is 13.8 Å². The molecule has 0 aliphatic rings. The van der Waals surface area contributed by atoms with Gasteiger partial charge in [-0.15, -0.1) is 0 Å². The maximum Gasteiger partial charge on any atom is 0.251 e. The summed E-state index contributed by atoms with van der Waals surface area (Å²) in [7, 11) is 3.95. The number of nitrogens with zero attached hydrogens (tertiary/aromatic N) is 2. The van der Waals surface area contributed by atoms with E-state index in [-0.39, 0.29) is 17.9 Å². The number of anilines is 1. The van der Waals surface area contributed by atoms with E-state index in [1.165, 1.54) is 0 Å². The maximum absolute atomic E-state index is 12.3. The molecule has 6 heteroatoms. The third-order valence-electron chi connectivity index (χ3n) is 2.86. The van der Waals surface area contributed by atoms with Gasteiger partial charge in [-0.05, 0) is 39.1 Å². The first-order chi connectivity index (χ1) is 9.33. The van der Waals surface area contributed by atoms with Crippen molar-refractivity contribution in [2.45, 2.75) is 32.7 Å². The highest BCUT2D eigenvalue weighted by atomic mass is 16.1. The molecule has 4 N–H and O–H groups in total. The Balaban J connectivity index is 2.89. The summed E-state index contributed by atoms with van der Waals surface area (Å²) in [6.07, 6.45) is 0. The van der Waals surface area contributed by atoms with E-state index in [9.17, 15) is 4.79 Å². The van der Waals surface area contributed by atoms with Crippen LogP contribution in [-0.4, -0.2) is 42.5 Å². The predicted octanol–water partition coefficient (Wildman–Crippen LogP) is 1.17. The second-order valence-corrected chi connectivity index (χ2v) is 5.60. The molecule has 1 aromatic rings. The standard InChI is InChI=1S/C14H25N5O/c1-9(2)12-6-11(7-13(17-12)18-15)14(20)16-10(3)8-19(4)5/h6-7,9-10H,8,15H2,1-5H3,(H,16,20)(H,17,18). The number of pyridine rings is 1. The summed E-state index contributed by atoms with van der Waals surface area (Å²) in [5, 5.41) is 2.97. The number of nitrogens with one attached hydrogen (secondary N) is 2. The van der Waals surface area contributed by atoms with E-state index < -0.39 is 0 Å². The molecule has 0 saturated carbocycles. The number of carbonyl (C=O) groups is 1. The second kappa shape index (κ2) is 7.21. The van der Waals surface area contributed by atoms with Crippen molar-refractivity contribution in [2.24, 2.45) is 5.84 Å². The normalized spacial score (nSPS) is 12.6. The van der Waals surface area contributed by atoms with Gasteiger partial charge >= 0.3 is 0 Å². The highest BCUT2D eigenvalue weighted by Gasteiger charge is 2.14. The lowest BCUT2D eigenvalue weighted by Crippen LogP contribution is -2.39. The lowest BCUT2D eigenvalue weighted by molar-refractivity contribution is 0.0934. The number of hydrogen-bond acceptors (Lipinski definition) is 5. The molecule has 0 spiro atoms. The largest absolute Gasteiger partial charge is 0.348 e. The smallest absolute Gasteiger partial charge is 0.251 e. The van der Waals surface area contributed by atoms with Gasteiger partial charge in [0.2, 0.25) is 0 Å². The third kappa shape index (κ3) is 4.79. The first-order valence-electron chi connectivity index (χ1n) is 6.77. The predicted molar refractivity (Wildman–Crippen MR) is 81.6 cm³/mol. The number of aromatic nitrogens is 1. The molecule has 112 valence electrons. The molecule has 0 fully saturated rings. The van der Waals surface area contributed by atoms with Crippen molar-refractivity contribution in [2.75, 3.05) is 26.1 Å². The van der Waals surface area contributed by atoms with Crippen molar-refractivity contribution in [3.05, 3.63) is 23.4 Å². The van der Waals surface area contributed by atoms with Crippen molar-refractivity contribution in [1.29, 1.82) is 0 Å². The van der Waals surface area contributed by atoms with Gasteiger partial charge in [0, 0.05) is 23.8 Å². The number of carbonyl (C=O) groups excluding carboxylic acids is 1. The summed E-state index contributed by atoms with van der Waals surface area (Å²) >= 11 is 0. The Bertz CT molecular complexity index is 459. The SMILES string of the molecule is CC(CN(C)C)NC(=O)c1cc(NN)nc(C(C)C)c1. The minimum absolute atomic E-state index is 0.0717. The van der Waals surface area contributed by atoms with E-state index in [1.54, 1.807) is 6.07 Å². The van der Waals surface area contributed by atoms with Gasteiger partial charge in [0.05, 0.1) is 0 Å². The van der Waals surface area contributed by atoms with E-state index >= 15 is 0 Å². The van der Waals surface area contributed by atoms with Crippen LogP contribution in [0.1, 0.15) is 42.7 Å². The van der Waals surface area contributed by atoms with Crippen molar-refractivity contribution >= 4 is 11.7 Å². The lowest BCUT2D eigenvalue weighted by Gasteiger charge is -2.19. The molecule has 0 radical (unpaired) electrons. The molecule has 0 aliphatic heterocycles. The Morgan fingerprint density at radius 3 is 2.50 bits per heavy atom. The Morgan fingerprint density at radius 1 is 1.35 bits per heavy atom. The van der Waals surface area contributed by atoms with Gasteiger partial charge < -0.3 is 15.6 Å². The Kier molecular flexibility index (Phi) is 5.91. The van der Waals surface area contributed by atoms with Gasteiger partial charge in [0.15, 0.2) is 0 Å². The monoisotopic (exact) mass is 279 g/mol. The molecular formula is C14H25N5O. The number of hydrogen-bond donors (Lipinski definition) is 3.